The fraction of sp³-hybridized carbons (Fsp3) is 0.429. The number of nitrogens with two attached hydrogens (primary N) is 1. The van der Waals surface area contributed by atoms with E-state index in [1.165, 1.54) is 11.3 Å². The van der Waals surface area contributed by atoms with Crippen molar-refractivity contribution in [2.24, 2.45) is 0 Å². The SMILES string of the molecule is CC(C)c1cc(C(=O)NCc2csc(N(C)C)n2)nc(N)n1. The van der Waals surface area contributed by atoms with Crippen LogP contribution in [0.2, 0.25) is 0 Å². The Labute approximate surface area is 133 Å². The molecule has 2 aromatic rings. The summed E-state index contributed by atoms with van der Waals surface area (Å²) in [6, 6.07) is 1.67. The monoisotopic (exact) mass is 320 g/mol. The smallest absolute Gasteiger partial charge is 0.270 e. The highest BCUT2D eigenvalue weighted by Gasteiger charge is 2.13. The Bertz CT molecular complexity index is 667. The van der Waals surface area contributed by atoms with Gasteiger partial charge in [0.1, 0.15) is 5.69 Å². The quantitative estimate of drug-likeness (QED) is 0.869. The molecule has 8 heteroatoms. The van der Waals surface area contributed by atoms with Crippen molar-refractivity contribution >= 4 is 28.3 Å². The average molecular weight is 320 g/mol. The highest BCUT2D eigenvalue weighted by Crippen LogP contribution is 2.18. The van der Waals surface area contributed by atoms with Crippen molar-refractivity contribution in [3.8, 4) is 0 Å². The summed E-state index contributed by atoms with van der Waals surface area (Å²) in [5, 5.41) is 5.62. The summed E-state index contributed by atoms with van der Waals surface area (Å²) in [5.41, 5.74) is 7.50. The summed E-state index contributed by atoms with van der Waals surface area (Å²) in [6.45, 7) is 4.33. The third-order valence-electron chi connectivity index (χ3n) is 2.94. The maximum Gasteiger partial charge on any atom is 0.270 e. The summed E-state index contributed by atoms with van der Waals surface area (Å²) in [5.74, 6) is 0.00773. The summed E-state index contributed by atoms with van der Waals surface area (Å²) in [6.07, 6.45) is 0. The van der Waals surface area contributed by atoms with E-state index in [0.29, 0.717) is 6.54 Å². The highest BCUT2D eigenvalue weighted by molar-refractivity contribution is 7.13. The van der Waals surface area contributed by atoms with Crippen LogP contribution < -0.4 is 16.0 Å². The van der Waals surface area contributed by atoms with Crippen LogP contribution in [0.4, 0.5) is 11.1 Å². The van der Waals surface area contributed by atoms with Gasteiger partial charge in [0.15, 0.2) is 5.13 Å². The minimum absolute atomic E-state index is 0.111. The van der Waals surface area contributed by atoms with Crippen LogP contribution in [0.25, 0.3) is 0 Å². The van der Waals surface area contributed by atoms with Gasteiger partial charge in [0.2, 0.25) is 5.95 Å². The van der Waals surface area contributed by atoms with Crippen LogP contribution in [0.15, 0.2) is 11.4 Å². The molecule has 0 aliphatic rings. The van der Waals surface area contributed by atoms with Crippen LogP contribution in [-0.4, -0.2) is 35.0 Å². The number of carbonyl (C=O) groups excluding carboxylic acids is 1. The van der Waals surface area contributed by atoms with Crippen LogP contribution in [0, 0.1) is 0 Å². The van der Waals surface area contributed by atoms with Crippen molar-refractivity contribution in [3.05, 3.63) is 28.5 Å². The lowest BCUT2D eigenvalue weighted by Gasteiger charge is -2.08. The Kier molecular flexibility index (Phi) is 4.92. The molecule has 0 saturated heterocycles. The Hall–Kier alpha value is -2.22. The van der Waals surface area contributed by atoms with Crippen molar-refractivity contribution in [2.45, 2.75) is 26.3 Å². The van der Waals surface area contributed by atoms with Crippen molar-refractivity contribution in [1.29, 1.82) is 0 Å². The number of thiazole rings is 1. The van der Waals surface area contributed by atoms with E-state index in [1.54, 1.807) is 6.07 Å². The molecule has 7 nitrogen and oxygen atoms in total. The van der Waals surface area contributed by atoms with Gasteiger partial charge in [-0.3, -0.25) is 4.79 Å². The second-order valence-electron chi connectivity index (χ2n) is 5.39. The first-order valence-corrected chi connectivity index (χ1v) is 7.79. The number of carbonyl (C=O) groups is 1. The van der Waals surface area contributed by atoms with Crippen LogP contribution in [-0.2, 0) is 6.54 Å². The molecule has 0 radical (unpaired) electrons. The molecule has 1 amide bonds. The number of aromatic nitrogens is 3. The van der Waals surface area contributed by atoms with E-state index in [9.17, 15) is 4.79 Å². The summed E-state index contributed by atoms with van der Waals surface area (Å²) >= 11 is 1.53. The largest absolute Gasteiger partial charge is 0.368 e. The van der Waals surface area contributed by atoms with Gasteiger partial charge in [-0.15, -0.1) is 11.3 Å². The molecular weight excluding hydrogens is 300 g/mol. The summed E-state index contributed by atoms with van der Waals surface area (Å²) in [7, 11) is 3.86. The number of amides is 1. The molecule has 0 aromatic carbocycles. The van der Waals surface area contributed by atoms with Crippen molar-refractivity contribution < 1.29 is 4.79 Å². The van der Waals surface area contributed by atoms with Gasteiger partial charge in [0.25, 0.3) is 5.91 Å². The molecular formula is C14H20N6OS. The zero-order chi connectivity index (χ0) is 16.3. The fourth-order valence-corrected chi connectivity index (χ4v) is 2.50. The van der Waals surface area contributed by atoms with E-state index >= 15 is 0 Å². The van der Waals surface area contributed by atoms with E-state index in [-0.39, 0.29) is 23.5 Å². The normalized spacial score (nSPS) is 10.8. The third kappa shape index (κ3) is 3.91. The Morgan fingerprint density at radius 1 is 1.36 bits per heavy atom. The topological polar surface area (TPSA) is 97.0 Å². The number of nitrogen functional groups attached to an aromatic ring is 1. The lowest BCUT2D eigenvalue weighted by atomic mass is 10.1. The number of hydrogen-bond acceptors (Lipinski definition) is 7. The number of nitrogens with zero attached hydrogens (tertiary/aromatic N) is 4. The second kappa shape index (κ2) is 6.69. The molecule has 3 N–H and O–H groups in total. The van der Waals surface area contributed by atoms with Gasteiger partial charge < -0.3 is 16.0 Å². The Morgan fingerprint density at radius 2 is 2.09 bits per heavy atom. The molecule has 0 bridgehead atoms. The van der Waals surface area contributed by atoms with E-state index in [4.69, 9.17) is 5.73 Å². The number of rotatable bonds is 5. The Morgan fingerprint density at radius 3 is 2.68 bits per heavy atom. The molecule has 2 heterocycles. The first-order chi connectivity index (χ1) is 10.4. The molecule has 0 saturated carbocycles. The van der Waals surface area contributed by atoms with Crippen molar-refractivity contribution in [3.63, 3.8) is 0 Å². The van der Waals surface area contributed by atoms with Gasteiger partial charge in [-0.2, -0.15) is 0 Å². The zero-order valence-electron chi connectivity index (χ0n) is 13.1. The standard InChI is InChI=1S/C14H20N6OS/c1-8(2)10-5-11(19-13(15)18-10)12(21)16-6-9-7-22-14(17-9)20(3)4/h5,7-8H,6H2,1-4H3,(H,16,21)(H2,15,18,19). The van der Waals surface area contributed by atoms with Gasteiger partial charge >= 0.3 is 0 Å². The van der Waals surface area contributed by atoms with Gasteiger partial charge in [-0.25, -0.2) is 15.0 Å². The van der Waals surface area contributed by atoms with Gasteiger partial charge in [0.05, 0.1) is 12.2 Å². The molecule has 0 fully saturated rings. The summed E-state index contributed by atoms with van der Waals surface area (Å²) in [4.78, 5) is 26.6. The van der Waals surface area contributed by atoms with E-state index in [0.717, 1.165) is 16.5 Å². The number of hydrogen-bond donors (Lipinski definition) is 2. The molecule has 0 aliphatic carbocycles. The molecule has 0 unspecified atom stereocenters. The first kappa shape index (κ1) is 16.2. The molecule has 2 rings (SSSR count). The number of nitrogens with one attached hydrogen (secondary N) is 1. The molecule has 0 aliphatic heterocycles. The Balaban J connectivity index is 2.05. The van der Waals surface area contributed by atoms with Crippen LogP contribution in [0.5, 0.6) is 0 Å². The minimum atomic E-state index is -0.282. The zero-order valence-corrected chi connectivity index (χ0v) is 13.9. The molecule has 22 heavy (non-hydrogen) atoms. The van der Waals surface area contributed by atoms with Crippen LogP contribution >= 0.6 is 11.3 Å². The third-order valence-corrected chi connectivity index (χ3v) is 4.00. The first-order valence-electron chi connectivity index (χ1n) is 6.91. The van der Waals surface area contributed by atoms with Crippen LogP contribution in [0.1, 0.15) is 41.6 Å². The van der Waals surface area contributed by atoms with Crippen molar-refractivity contribution in [1.82, 2.24) is 20.3 Å². The second-order valence-corrected chi connectivity index (χ2v) is 6.23. The lowest BCUT2D eigenvalue weighted by molar-refractivity contribution is 0.0945. The minimum Gasteiger partial charge on any atom is -0.368 e. The van der Waals surface area contributed by atoms with Gasteiger partial charge in [-0.05, 0) is 12.0 Å². The maximum absolute atomic E-state index is 12.2. The lowest BCUT2D eigenvalue weighted by Crippen LogP contribution is -2.25. The number of anilines is 2. The molecule has 118 valence electrons. The molecule has 0 atom stereocenters. The van der Waals surface area contributed by atoms with E-state index < -0.39 is 0 Å². The maximum atomic E-state index is 12.2. The highest BCUT2D eigenvalue weighted by atomic mass is 32.1. The van der Waals surface area contributed by atoms with E-state index in [1.807, 2.05) is 38.2 Å². The predicted molar refractivity (Wildman–Crippen MR) is 88.1 cm³/mol. The van der Waals surface area contributed by atoms with Gasteiger partial charge in [-0.1, -0.05) is 13.8 Å². The molecule has 2 aromatic heterocycles. The average Bonchev–Trinajstić information content (AvgIpc) is 2.93. The van der Waals surface area contributed by atoms with Crippen LogP contribution in [0.3, 0.4) is 0 Å². The van der Waals surface area contributed by atoms with Crippen molar-refractivity contribution in [2.75, 3.05) is 24.7 Å². The van der Waals surface area contributed by atoms with E-state index in [2.05, 4.69) is 20.3 Å². The predicted octanol–water partition coefficient (Wildman–Crippen LogP) is 1.63. The fourth-order valence-electron chi connectivity index (χ4n) is 1.74. The summed E-state index contributed by atoms with van der Waals surface area (Å²) < 4.78 is 0. The van der Waals surface area contributed by atoms with Gasteiger partial charge in [0, 0.05) is 25.2 Å². The molecule has 0 spiro atoms.